The molecule has 39 heavy (non-hydrogen) atoms. The van der Waals surface area contributed by atoms with E-state index in [4.69, 9.17) is 9.47 Å². The van der Waals surface area contributed by atoms with Crippen molar-refractivity contribution in [3.8, 4) is 28.4 Å². The van der Waals surface area contributed by atoms with Crippen LogP contribution in [0.15, 0.2) is 54.6 Å². The number of fused-ring (bicyclic) bond motifs is 1. The number of hydrogen-bond donors (Lipinski definition) is 1. The lowest BCUT2D eigenvalue weighted by atomic mass is 9.82. The smallest absolute Gasteiger partial charge is 0.497 e. The van der Waals surface area contributed by atoms with Crippen LogP contribution < -0.4 is 14.2 Å². The molecule has 0 radical (unpaired) electrons. The zero-order valence-electron chi connectivity index (χ0n) is 21.4. The Morgan fingerprint density at radius 1 is 1.03 bits per heavy atom. The Kier molecular flexibility index (Phi) is 7.18. The molecule has 3 atom stereocenters. The van der Waals surface area contributed by atoms with Crippen molar-refractivity contribution < 1.29 is 41.7 Å². The Morgan fingerprint density at radius 3 is 2.46 bits per heavy atom. The first-order chi connectivity index (χ1) is 18.5. The average Bonchev–Trinajstić information content (AvgIpc) is 3.73. The van der Waals surface area contributed by atoms with Gasteiger partial charge >= 0.3 is 12.3 Å². The van der Waals surface area contributed by atoms with E-state index in [9.17, 15) is 27.5 Å². The normalized spacial score (nSPS) is 18.5. The number of carboxylic acids is 1. The lowest BCUT2D eigenvalue weighted by molar-refractivity contribution is -0.274. The Hall–Kier alpha value is -3.75. The van der Waals surface area contributed by atoms with Crippen molar-refractivity contribution in [3.63, 3.8) is 0 Å². The van der Waals surface area contributed by atoms with Crippen LogP contribution in [0.5, 0.6) is 17.2 Å². The van der Waals surface area contributed by atoms with E-state index in [1.807, 2.05) is 18.2 Å². The third-order valence-corrected chi connectivity index (χ3v) is 7.55. The summed E-state index contributed by atoms with van der Waals surface area (Å²) in [6.07, 6.45) is -2.46. The van der Waals surface area contributed by atoms with E-state index in [1.54, 1.807) is 13.0 Å². The molecular formula is C30H28F4O5. The highest BCUT2D eigenvalue weighted by Gasteiger charge is 2.39. The quantitative estimate of drug-likeness (QED) is 0.295. The van der Waals surface area contributed by atoms with E-state index < -0.39 is 35.9 Å². The fraction of sp³-hybridized carbons (Fsp3) is 0.367. The molecule has 1 saturated carbocycles. The maximum atomic E-state index is 14.6. The van der Waals surface area contributed by atoms with Crippen molar-refractivity contribution in [2.75, 3.05) is 7.11 Å². The molecule has 0 bridgehead atoms. The summed E-state index contributed by atoms with van der Waals surface area (Å²) in [5.41, 5.74) is 2.14. The van der Waals surface area contributed by atoms with E-state index in [1.165, 1.54) is 31.4 Å². The maximum Gasteiger partial charge on any atom is 0.573 e. The minimum Gasteiger partial charge on any atom is -0.497 e. The molecule has 1 aliphatic heterocycles. The summed E-state index contributed by atoms with van der Waals surface area (Å²) in [6.45, 7) is 1.71. The maximum absolute atomic E-state index is 14.6. The van der Waals surface area contributed by atoms with Crippen molar-refractivity contribution >= 4 is 5.97 Å². The van der Waals surface area contributed by atoms with Crippen LogP contribution in [0.25, 0.3) is 11.1 Å². The Morgan fingerprint density at radius 2 is 1.79 bits per heavy atom. The minimum atomic E-state index is -4.99. The first kappa shape index (κ1) is 26.8. The molecule has 3 aromatic rings. The van der Waals surface area contributed by atoms with Crippen molar-refractivity contribution in [3.05, 3.63) is 77.1 Å². The van der Waals surface area contributed by atoms with Gasteiger partial charge in [-0.05, 0) is 84.5 Å². The van der Waals surface area contributed by atoms with Gasteiger partial charge in [0.2, 0.25) is 0 Å². The molecule has 206 valence electrons. The van der Waals surface area contributed by atoms with E-state index in [-0.39, 0.29) is 22.8 Å². The van der Waals surface area contributed by atoms with E-state index in [0.29, 0.717) is 30.1 Å². The molecule has 5 nitrogen and oxygen atoms in total. The number of aryl methyl sites for hydroxylation is 1. The van der Waals surface area contributed by atoms with Gasteiger partial charge in [0.05, 0.1) is 13.0 Å². The Labute approximate surface area is 223 Å². The molecule has 0 amide bonds. The van der Waals surface area contributed by atoms with E-state index in [2.05, 4.69) is 4.74 Å². The summed E-state index contributed by atoms with van der Waals surface area (Å²) in [7, 11) is 1.38. The summed E-state index contributed by atoms with van der Waals surface area (Å²) >= 11 is 0. The molecule has 3 aromatic carbocycles. The molecule has 1 heterocycles. The van der Waals surface area contributed by atoms with Crippen LogP contribution in [-0.4, -0.2) is 24.5 Å². The molecular weight excluding hydrogens is 516 g/mol. The SMILES string of the molecule is COc1ccc(F)c(-c2ccc(C3CCc4ccc([C@H](C5CC5)[C@H](C)C(=O)O)cc4O3)cc2OC(F)(F)F)c1. The number of ether oxygens (including phenoxy) is 3. The molecule has 5 rings (SSSR count). The number of carbonyl (C=O) groups is 1. The monoisotopic (exact) mass is 544 g/mol. The molecule has 0 saturated heterocycles. The minimum absolute atomic E-state index is 0.0686. The van der Waals surface area contributed by atoms with Crippen molar-refractivity contribution in [2.45, 2.75) is 51.0 Å². The van der Waals surface area contributed by atoms with Crippen molar-refractivity contribution in [1.82, 2.24) is 0 Å². The van der Waals surface area contributed by atoms with Gasteiger partial charge in [0.25, 0.3) is 0 Å². The predicted octanol–water partition coefficient (Wildman–Crippen LogP) is 7.68. The lowest BCUT2D eigenvalue weighted by Crippen LogP contribution is -2.21. The zero-order chi connectivity index (χ0) is 27.9. The number of alkyl halides is 3. The topological polar surface area (TPSA) is 65.0 Å². The van der Waals surface area contributed by atoms with Crippen LogP contribution in [0.1, 0.15) is 54.9 Å². The van der Waals surface area contributed by atoms with Gasteiger partial charge in [-0.3, -0.25) is 4.79 Å². The summed E-state index contributed by atoms with van der Waals surface area (Å²) < 4.78 is 70.4. The largest absolute Gasteiger partial charge is 0.573 e. The second-order valence-corrected chi connectivity index (χ2v) is 10.2. The molecule has 2 aliphatic rings. The fourth-order valence-corrected chi connectivity index (χ4v) is 5.41. The number of hydrogen-bond acceptors (Lipinski definition) is 4. The van der Waals surface area contributed by atoms with Gasteiger partial charge in [0, 0.05) is 11.1 Å². The van der Waals surface area contributed by atoms with Crippen molar-refractivity contribution in [1.29, 1.82) is 0 Å². The van der Waals surface area contributed by atoms with E-state index >= 15 is 0 Å². The van der Waals surface area contributed by atoms with Crippen LogP contribution >= 0.6 is 0 Å². The summed E-state index contributed by atoms with van der Waals surface area (Å²) in [5.74, 6) is -1.62. The lowest BCUT2D eigenvalue weighted by Gasteiger charge is -2.29. The third-order valence-electron chi connectivity index (χ3n) is 7.55. The van der Waals surface area contributed by atoms with Gasteiger partial charge < -0.3 is 19.3 Å². The van der Waals surface area contributed by atoms with Gasteiger partial charge in [-0.25, -0.2) is 4.39 Å². The summed E-state index contributed by atoms with van der Waals surface area (Å²) in [6, 6.07) is 13.8. The predicted molar refractivity (Wildman–Crippen MR) is 135 cm³/mol. The number of carboxylic acid groups (broad SMARTS) is 1. The van der Waals surface area contributed by atoms with Crippen LogP contribution in [0, 0.1) is 17.7 Å². The molecule has 1 unspecified atom stereocenters. The summed E-state index contributed by atoms with van der Waals surface area (Å²) in [5, 5.41) is 9.62. The molecule has 0 aromatic heterocycles. The van der Waals surface area contributed by atoms with Crippen molar-refractivity contribution in [2.24, 2.45) is 11.8 Å². The van der Waals surface area contributed by atoms with Crippen LogP contribution in [0.3, 0.4) is 0 Å². The van der Waals surface area contributed by atoms with Gasteiger partial charge in [-0.15, -0.1) is 13.2 Å². The molecule has 1 aliphatic carbocycles. The van der Waals surface area contributed by atoms with Crippen LogP contribution in [-0.2, 0) is 11.2 Å². The van der Waals surface area contributed by atoms with Gasteiger partial charge in [-0.1, -0.05) is 31.2 Å². The second-order valence-electron chi connectivity index (χ2n) is 10.2. The first-order valence-electron chi connectivity index (χ1n) is 12.8. The number of rotatable bonds is 8. The molecule has 0 spiro atoms. The fourth-order valence-electron chi connectivity index (χ4n) is 5.41. The van der Waals surface area contributed by atoms with Gasteiger partial charge in [0.15, 0.2) is 0 Å². The Balaban J connectivity index is 1.47. The first-order valence-corrected chi connectivity index (χ1v) is 12.8. The number of benzene rings is 3. The average molecular weight is 545 g/mol. The van der Waals surface area contributed by atoms with Gasteiger partial charge in [-0.2, -0.15) is 0 Å². The molecule has 1 fully saturated rings. The third kappa shape index (κ3) is 5.82. The highest BCUT2D eigenvalue weighted by atomic mass is 19.4. The number of methoxy groups -OCH3 is 1. The highest BCUT2D eigenvalue weighted by molar-refractivity contribution is 5.73. The van der Waals surface area contributed by atoms with Crippen LogP contribution in [0.2, 0.25) is 0 Å². The van der Waals surface area contributed by atoms with Crippen LogP contribution in [0.4, 0.5) is 17.6 Å². The van der Waals surface area contributed by atoms with Gasteiger partial charge in [0.1, 0.15) is 29.2 Å². The molecule has 9 heteroatoms. The molecule has 1 N–H and O–H groups in total. The van der Waals surface area contributed by atoms with E-state index in [0.717, 1.165) is 30.0 Å². The highest BCUT2D eigenvalue weighted by Crippen LogP contribution is 2.48. The number of aliphatic carboxylic acids is 1. The standard InChI is InChI=1S/C30H28F4O5/c1-16(29(35)36)28(18-4-5-18)20-6-3-17-8-12-25(38-26(17)14-20)19-7-10-22(27(13-19)39-30(32,33)34)23-15-21(37-2)9-11-24(23)31/h3,6-7,9-11,13-16,18,25,28H,4-5,8,12H2,1-2H3,(H,35,36)/t16-,25?,28-/m0/s1. The summed E-state index contributed by atoms with van der Waals surface area (Å²) in [4.78, 5) is 11.7. The Bertz CT molecular complexity index is 1380. The number of halogens is 4. The zero-order valence-corrected chi connectivity index (χ0v) is 21.4. The second kappa shape index (κ2) is 10.4.